The van der Waals surface area contributed by atoms with E-state index in [1.165, 1.54) is 30.4 Å². The first kappa shape index (κ1) is 11.2. The predicted octanol–water partition coefficient (Wildman–Crippen LogP) is 3.94. The summed E-state index contributed by atoms with van der Waals surface area (Å²) in [5.41, 5.74) is 4.67. The number of rotatable bonds is 0. The zero-order chi connectivity index (χ0) is 12.9. The van der Waals surface area contributed by atoms with E-state index in [9.17, 15) is 4.79 Å². The Balaban J connectivity index is 1.79. The van der Waals surface area contributed by atoms with E-state index in [2.05, 4.69) is 36.4 Å². The van der Waals surface area contributed by atoms with Crippen LogP contribution < -0.4 is 0 Å². The van der Waals surface area contributed by atoms with Gasteiger partial charge in [0, 0.05) is 11.8 Å². The lowest BCUT2D eigenvalue weighted by molar-refractivity contribution is -0.115. The summed E-state index contributed by atoms with van der Waals surface area (Å²) < 4.78 is 0. The van der Waals surface area contributed by atoms with Crippen molar-refractivity contribution < 1.29 is 4.79 Å². The third-order valence-electron chi connectivity index (χ3n) is 5.07. The van der Waals surface area contributed by atoms with Gasteiger partial charge in [0.05, 0.1) is 0 Å². The van der Waals surface area contributed by atoms with Gasteiger partial charge in [0.2, 0.25) is 0 Å². The fourth-order valence-corrected chi connectivity index (χ4v) is 3.96. The summed E-state index contributed by atoms with van der Waals surface area (Å²) in [5, 5.41) is 0. The summed E-state index contributed by atoms with van der Waals surface area (Å²) in [7, 11) is 0. The van der Waals surface area contributed by atoms with Gasteiger partial charge < -0.3 is 0 Å². The maximum Gasteiger partial charge on any atom is 0.155 e. The molecule has 3 aliphatic rings. The number of fused-ring (bicyclic) bond motifs is 3. The van der Waals surface area contributed by atoms with Gasteiger partial charge in [0.15, 0.2) is 5.78 Å². The molecule has 0 saturated carbocycles. The minimum absolute atomic E-state index is 0.164. The van der Waals surface area contributed by atoms with Gasteiger partial charge in [-0.25, -0.2) is 0 Å². The van der Waals surface area contributed by atoms with Crippen molar-refractivity contribution in [3.05, 3.63) is 53.6 Å². The summed E-state index contributed by atoms with van der Waals surface area (Å²) in [6.07, 6.45) is 11.9. The highest BCUT2D eigenvalue weighted by atomic mass is 16.1. The monoisotopic (exact) mass is 250 g/mol. The average molecular weight is 250 g/mol. The predicted molar refractivity (Wildman–Crippen MR) is 76.7 cm³/mol. The third kappa shape index (κ3) is 1.72. The van der Waals surface area contributed by atoms with Crippen molar-refractivity contribution in [1.29, 1.82) is 0 Å². The molecule has 0 heterocycles. The van der Waals surface area contributed by atoms with Crippen LogP contribution in [0.1, 0.15) is 36.8 Å². The van der Waals surface area contributed by atoms with E-state index in [1.807, 2.05) is 6.08 Å². The summed E-state index contributed by atoms with van der Waals surface area (Å²) >= 11 is 0. The molecule has 1 nitrogen and oxygen atoms in total. The van der Waals surface area contributed by atoms with Crippen LogP contribution >= 0.6 is 0 Å². The van der Waals surface area contributed by atoms with Gasteiger partial charge in [-0.05, 0) is 54.4 Å². The second-order valence-corrected chi connectivity index (χ2v) is 6.23. The van der Waals surface area contributed by atoms with Gasteiger partial charge in [-0.15, -0.1) is 0 Å². The topological polar surface area (TPSA) is 17.1 Å². The molecular formula is C18H18O. The van der Waals surface area contributed by atoms with Crippen molar-refractivity contribution in [1.82, 2.24) is 0 Å². The molecule has 1 aromatic rings. The van der Waals surface area contributed by atoms with Crippen LogP contribution in [0.5, 0.6) is 0 Å². The van der Waals surface area contributed by atoms with E-state index in [-0.39, 0.29) is 11.2 Å². The number of benzene rings is 1. The molecule has 96 valence electrons. The van der Waals surface area contributed by atoms with Gasteiger partial charge in [-0.1, -0.05) is 36.4 Å². The Bertz CT molecular complexity index is 608. The Morgan fingerprint density at radius 3 is 2.89 bits per heavy atom. The number of carbonyl (C=O) groups is 1. The van der Waals surface area contributed by atoms with Crippen molar-refractivity contribution in [2.24, 2.45) is 11.3 Å². The van der Waals surface area contributed by atoms with E-state index >= 15 is 0 Å². The lowest BCUT2D eigenvalue weighted by Gasteiger charge is -2.36. The van der Waals surface area contributed by atoms with Gasteiger partial charge in [-0.2, -0.15) is 0 Å². The smallest absolute Gasteiger partial charge is 0.155 e. The molecule has 0 saturated heterocycles. The fourth-order valence-electron chi connectivity index (χ4n) is 3.96. The molecule has 0 N–H and O–H groups in total. The van der Waals surface area contributed by atoms with Crippen LogP contribution in [-0.4, -0.2) is 5.78 Å². The van der Waals surface area contributed by atoms with Gasteiger partial charge in [0.1, 0.15) is 0 Å². The molecule has 4 rings (SSSR count). The van der Waals surface area contributed by atoms with E-state index in [1.54, 1.807) is 5.57 Å². The molecule has 3 aliphatic carbocycles. The second kappa shape index (κ2) is 3.93. The number of hydrogen-bond acceptors (Lipinski definition) is 1. The van der Waals surface area contributed by atoms with E-state index in [0.29, 0.717) is 12.3 Å². The highest BCUT2D eigenvalue weighted by Crippen LogP contribution is 2.50. The van der Waals surface area contributed by atoms with Crippen LogP contribution in [0.2, 0.25) is 0 Å². The number of hydrogen-bond donors (Lipinski definition) is 0. The maximum atomic E-state index is 11.4. The van der Waals surface area contributed by atoms with Crippen molar-refractivity contribution >= 4 is 11.4 Å². The molecule has 0 radical (unpaired) electrons. The van der Waals surface area contributed by atoms with Crippen LogP contribution in [0.15, 0.2) is 42.5 Å². The molecule has 0 aromatic heterocycles. The van der Waals surface area contributed by atoms with Crippen LogP contribution in [0.3, 0.4) is 0 Å². The molecule has 2 atom stereocenters. The Kier molecular flexibility index (Phi) is 2.32. The van der Waals surface area contributed by atoms with Crippen LogP contribution in [-0.2, 0) is 11.2 Å². The highest BCUT2D eigenvalue weighted by molar-refractivity contribution is 5.91. The lowest BCUT2D eigenvalue weighted by Crippen LogP contribution is -2.26. The van der Waals surface area contributed by atoms with Crippen molar-refractivity contribution in [3.8, 4) is 0 Å². The zero-order valence-corrected chi connectivity index (χ0v) is 11.1. The standard InChI is InChI=1S/C18H18O/c19-15-6-9-18(10-7-15)8-5-14-11-13-3-1-2-4-16(13)17(14)12-18/h1-4,6,9,12,14H,5,7-8,10-11H2. The maximum absolute atomic E-state index is 11.4. The third-order valence-corrected chi connectivity index (χ3v) is 5.07. The van der Waals surface area contributed by atoms with Gasteiger partial charge in [0.25, 0.3) is 0 Å². The summed E-state index contributed by atoms with van der Waals surface area (Å²) in [4.78, 5) is 11.4. The SMILES string of the molecule is O=C1C=CC2(C=C3c4ccccc4CC3CC2)CC1. The van der Waals surface area contributed by atoms with Crippen molar-refractivity contribution in [3.63, 3.8) is 0 Å². The average Bonchev–Trinajstić information content (AvgIpc) is 2.80. The highest BCUT2D eigenvalue weighted by Gasteiger charge is 2.38. The minimum Gasteiger partial charge on any atom is -0.295 e. The van der Waals surface area contributed by atoms with E-state index in [4.69, 9.17) is 0 Å². The van der Waals surface area contributed by atoms with Gasteiger partial charge >= 0.3 is 0 Å². The van der Waals surface area contributed by atoms with E-state index < -0.39 is 0 Å². The molecule has 1 heteroatoms. The van der Waals surface area contributed by atoms with Crippen molar-refractivity contribution in [2.75, 3.05) is 0 Å². The molecule has 1 aromatic carbocycles. The number of ketones is 1. The molecule has 0 fully saturated rings. The first-order chi connectivity index (χ1) is 9.26. The minimum atomic E-state index is 0.164. The number of carbonyl (C=O) groups excluding carboxylic acids is 1. The normalized spacial score (nSPS) is 32.1. The first-order valence-corrected chi connectivity index (χ1v) is 7.29. The summed E-state index contributed by atoms with van der Waals surface area (Å²) in [6.45, 7) is 0. The number of allylic oxidation sites excluding steroid dienone is 4. The molecule has 0 amide bonds. The summed E-state index contributed by atoms with van der Waals surface area (Å²) in [5.74, 6) is 1.01. The molecule has 19 heavy (non-hydrogen) atoms. The van der Waals surface area contributed by atoms with E-state index in [0.717, 1.165) is 6.42 Å². The van der Waals surface area contributed by atoms with Crippen LogP contribution in [0.4, 0.5) is 0 Å². The summed E-state index contributed by atoms with van der Waals surface area (Å²) in [6, 6.07) is 8.81. The Morgan fingerprint density at radius 2 is 2.05 bits per heavy atom. The quantitative estimate of drug-likeness (QED) is 0.681. The Labute approximate surface area is 114 Å². The first-order valence-electron chi connectivity index (χ1n) is 7.29. The molecule has 0 aliphatic heterocycles. The fraction of sp³-hybridized carbons (Fsp3) is 0.389. The largest absolute Gasteiger partial charge is 0.295 e. The Morgan fingerprint density at radius 1 is 1.16 bits per heavy atom. The zero-order valence-electron chi connectivity index (χ0n) is 11.1. The molecule has 1 spiro atoms. The van der Waals surface area contributed by atoms with Crippen LogP contribution in [0.25, 0.3) is 5.57 Å². The van der Waals surface area contributed by atoms with Gasteiger partial charge in [-0.3, -0.25) is 4.79 Å². The van der Waals surface area contributed by atoms with Crippen molar-refractivity contribution in [2.45, 2.75) is 32.1 Å². The lowest BCUT2D eigenvalue weighted by atomic mass is 9.68. The molecule has 0 bridgehead atoms. The van der Waals surface area contributed by atoms with Crippen LogP contribution in [0, 0.1) is 11.3 Å². The Hall–Kier alpha value is -1.63. The second-order valence-electron chi connectivity index (χ2n) is 6.23. The molecule has 2 unspecified atom stereocenters. The molecular weight excluding hydrogens is 232 g/mol.